The fourth-order valence-electron chi connectivity index (χ4n) is 3.78. The van der Waals surface area contributed by atoms with E-state index in [0.717, 1.165) is 18.4 Å². The molecule has 7 heteroatoms. The van der Waals surface area contributed by atoms with Gasteiger partial charge in [-0.05, 0) is 18.4 Å². The SMILES string of the molecule is O=C(Cc1ccccc1)N1CCOCC2(CCC(Cn3cncn3)O2)C1. The minimum Gasteiger partial charge on any atom is -0.377 e. The van der Waals surface area contributed by atoms with Gasteiger partial charge in [0.15, 0.2) is 0 Å². The maximum Gasteiger partial charge on any atom is 0.227 e. The van der Waals surface area contributed by atoms with Crippen molar-refractivity contribution in [3.8, 4) is 0 Å². The summed E-state index contributed by atoms with van der Waals surface area (Å²) < 4.78 is 14.0. The lowest BCUT2D eigenvalue weighted by molar-refractivity contribution is -0.135. The Hall–Kier alpha value is -2.25. The molecule has 2 aliphatic rings. The normalized spacial score (nSPS) is 26.2. The van der Waals surface area contributed by atoms with Gasteiger partial charge in [-0.15, -0.1) is 0 Å². The summed E-state index contributed by atoms with van der Waals surface area (Å²) in [4.78, 5) is 18.7. The van der Waals surface area contributed by atoms with Gasteiger partial charge in [0, 0.05) is 6.54 Å². The van der Waals surface area contributed by atoms with Gasteiger partial charge >= 0.3 is 0 Å². The van der Waals surface area contributed by atoms with Crippen LogP contribution in [0.3, 0.4) is 0 Å². The molecule has 2 unspecified atom stereocenters. The molecule has 2 atom stereocenters. The van der Waals surface area contributed by atoms with Crippen molar-refractivity contribution in [2.75, 3.05) is 26.3 Å². The fourth-order valence-corrected chi connectivity index (χ4v) is 3.78. The van der Waals surface area contributed by atoms with Crippen LogP contribution in [-0.4, -0.2) is 63.6 Å². The maximum absolute atomic E-state index is 12.8. The number of hydrogen-bond donors (Lipinski definition) is 0. The molecule has 1 amide bonds. The van der Waals surface area contributed by atoms with Crippen molar-refractivity contribution >= 4 is 5.91 Å². The maximum atomic E-state index is 12.8. The second-order valence-corrected chi connectivity index (χ2v) is 7.11. The zero-order valence-electron chi connectivity index (χ0n) is 14.8. The van der Waals surface area contributed by atoms with Gasteiger partial charge in [0.25, 0.3) is 0 Å². The van der Waals surface area contributed by atoms with Crippen LogP contribution in [0.1, 0.15) is 18.4 Å². The number of hydrogen-bond acceptors (Lipinski definition) is 5. The molecule has 26 heavy (non-hydrogen) atoms. The average Bonchev–Trinajstić information content (AvgIpc) is 3.24. The molecule has 1 aromatic carbocycles. The van der Waals surface area contributed by atoms with Crippen molar-refractivity contribution in [1.29, 1.82) is 0 Å². The van der Waals surface area contributed by atoms with E-state index in [1.807, 2.05) is 35.2 Å². The van der Waals surface area contributed by atoms with Crippen LogP contribution in [0.5, 0.6) is 0 Å². The number of amides is 1. The summed E-state index contributed by atoms with van der Waals surface area (Å²) in [7, 11) is 0. The summed E-state index contributed by atoms with van der Waals surface area (Å²) >= 11 is 0. The Morgan fingerprint density at radius 3 is 3.00 bits per heavy atom. The highest BCUT2D eigenvalue weighted by atomic mass is 16.6. The summed E-state index contributed by atoms with van der Waals surface area (Å²) in [6, 6.07) is 9.86. The second-order valence-electron chi connectivity index (χ2n) is 7.11. The van der Waals surface area contributed by atoms with E-state index in [1.54, 1.807) is 11.0 Å². The fraction of sp³-hybridized carbons (Fsp3) is 0.526. The van der Waals surface area contributed by atoms with Crippen molar-refractivity contribution in [3.63, 3.8) is 0 Å². The van der Waals surface area contributed by atoms with Crippen LogP contribution in [-0.2, 0) is 27.2 Å². The van der Waals surface area contributed by atoms with Crippen LogP contribution in [0.4, 0.5) is 0 Å². The Labute approximate surface area is 152 Å². The molecule has 0 radical (unpaired) electrons. The topological polar surface area (TPSA) is 69.5 Å². The molecule has 2 saturated heterocycles. The van der Waals surface area contributed by atoms with Crippen molar-refractivity contribution in [3.05, 3.63) is 48.5 Å². The van der Waals surface area contributed by atoms with Crippen molar-refractivity contribution in [1.82, 2.24) is 19.7 Å². The quantitative estimate of drug-likeness (QED) is 0.826. The first-order valence-electron chi connectivity index (χ1n) is 9.12. The first kappa shape index (κ1) is 17.2. The number of rotatable bonds is 4. The molecule has 2 aromatic rings. The minimum absolute atomic E-state index is 0.0736. The molecular formula is C19H24N4O3. The van der Waals surface area contributed by atoms with Crippen molar-refractivity contribution in [2.24, 2.45) is 0 Å². The monoisotopic (exact) mass is 356 g/mol. The van der Waals surface area contributed by atoms with E-state index in [2.05, 4.69) is 10.1 Å². The van der Waals surface area contributed by atoms with E-state index < -0.39 is 5.60 Å². The Kier molecular flexibility index (Phi) is 4.99. The van der Waals surface area contributed by atoms with Crippen LogP contribution in [0.2, 0.25) is 0 Å². The summed E-state index contributed by atoms with van der Waals surface area (Å²) in [5.74, 6) is 0.129. The standard InChI is InChI=1S/C19H24N4O3/c24-18(10-16-4-2-1-3-5-16)22-8-9-25-13-19(12-22)7-6-17(26-19)11-23-15-20-14-21-23/h1-5,14-15,17H,6-13H2. The largest absolute Gasteiger partial charge is 0.377 e. The van der Waals surface area contributed by atoms with E-state index in [4.69, 9.17) is 9.47 Å². The summed E-state index contributed by atoms with van der Waals surface area (Å²) in [5.41, 5.74) is 0.627. The smallest absolute Gasteiger partial charge is 0.227 e. The van der Waals surface area contributed by atoms with Gasteiger partial charge in [0.2, 0.25) is 5.91 Å². The Balaban J connectivity index is 1.40. The molecule has 7 nitrogen and oxygen atoms in total. The van der Waals surface area contributed by atoms with Gasteiger partial charge in [0.1, 0.15) is 18.3 Å². The van der Waals surface area contributed by atoms with Crippen LogP contribution in [0, 0.1) is 0 Å². The average molecular weight is 356 g/mol. The number of nitrogens with zero attached hydrogens (tertiary/aromatic N) is 4. The highest BCUT2D eigenvalue weighted by Gasteiger charge is 2.44. The lowest BCUT2D eigenvalue weighted by Crippen LogP contribution is -2.47. The lowest BCUT2D eigenvalue weighted by atomic mass is 9.99. The molecule has 138 valence electrons. The van der Waals surface area contributed by atoms with Crippen LogP contribution >= 0.6 is 0 Å². The molecule has 4 rings (SSSR count). The molecule has 1 aromatic heterocycles. The zero-order valence-corrected chi connectivity index (χ0v) is 14.8. The number of benzene rings is 1. The Morgan fingerprint density at radius 1 is 1.31 bits per heavy atom. The van der Waals surface area contributed by atoms with Gasteiger partial charge in [0.05, 0.1) is 38.8 Å². The highest BCUT2D eigenvalue weighted by Crippen LogP contribution is 2.33. The van der Waals surface area contributed by atoms with Gasteiger partial charge < -0.3 is 14.4 Å². The molecule has 1 spiro atoms. The molecule has 2 fully saturated rings. The van der Waals surface area contributed by atoms with E-state index in [0.29, 0.717) is 39.3 Å². The predicted octanol–water partition coefficient (Wildman–Crippen LogP) is 1.30. The molecule has 0 saturated carbocycles. The third kappa shape index (κ3) is 3.94. The number of ether oxygens (including phenoxy) is 2. The van der Waals surface area contributed by atoms with E-state index in [1.165, 1.54) is 6.33 Å². The van der Waals surface area contributed by atoms with Crippen LogP contribution in [0.15, 0.2) is 43.0 Å². The van der Waals surface area contributed by atoms with Crippen molar-refractivity contribution in [2.45, 2.75) is 37.5 Å². The molecule has 2 aliphatic heterocycles. The van der Waals surface area contributed by atoms with Crippen LogP contribution in [0.25, 0.3) is 0 Å². The Morgan fingerprint density at radius 2 is 2.19 bits per heavy atom. The third-order valence-corrected chi connectivity index (χ3v) is 5.10. The van der Waals surface area contributed by atoms with E-state index >= 15 is 0 Å². The van der Waals surface area contributed by atoms with Crippen molar-refractivity contribution < 1.29 is 14.3 Å². The molecule has 3 heterocycles. The zero-order chi connectivity index (χ0) is 17.8. The second kappa shape index (κ2) is 7.55. The van der Waals surface area contributed by atoms with Gasteiger partial charge in [-0.25, -0.2) is 4.98 Å². The third-order valence-electron chi connectivity index (χ3n) is 5.10. The summed E-state index contributed by atoms with van der Waals surface area (Å²) in [5, 5.41) is 4.15. The highest BCUT2D eigenvalue weighted by molar-refractivity contribution is 5.78. The van der Waals surface area contributed by atoms with Gasteiger partial charge in [-0.3, -0.25) is 9.48 Å². The van der Waals surface area contributed by atoms with Gasteiger partial charge in [-0.2, -0.15) is 5.10 Å². The number of aromatic nitrogens is 3. The summed E-state index contributed by atoms with van der Waals surface area (Å²) in [6.07, 6.45) is 5.55. The Bertz CT molecular complexity index is 722. The van der Waals surface area contributed by atoms with E-state index in [9.17, 15) is 4.79 Å². The van der Waals surface area contributed by atoms with E-state index in [-0.39, 0.29) is 12.0 Å². The van der Waals surface area contributed by atoms with Gasteiger partial charge in [-0.1, -0.05) is 30.3 Å². The molecule has 0 N–H and O–H groups in total. The van der Waals surface area contributed by atoms with Crippen LogP contribution < -0.4 is 0 Å². The molecular weight excluding hydrogens is 332 g/mol. The summed E-state index contributed by atoms with van der Waals surface area (Å²) in [6.45, 7) is 2.98. The predicted molar refractivity (Wildman–Crippen MR) is 94.4 cm³/mol. The molecule has 0 bridgehead atoms. The minimum atomic E-state index is -0.409. The first-order valence-corrected chi connectivity index (χ1v) is 9.12. The number of carbonyl (C=O) groups is 1. The number of carbonyl (C=O) groups excluding carboxylic acids is 1. The lowest BCUT2D eigenvalue weighted by Gasteiger charge is -2.32. The molecule has 0 aliphatic carbocycles. The first-order chi connectivity index (χ1) is 12.7.